The lowest BCUT2D eigenvalue weighted by molar-refractivity contribution is 0.103. The van der Waals surface area contributed by atoms with Crippen molar-refractivity contribution in [2.45, 2.75) is 6.04 Å². The lowest BCUT2D eigenvalue weighted by Gasteiger charge is -2.17. The average Bonchev–Trinajstić information content (AvgIpc) is 2.42. The van der Waals surface area contributed by atoms with Crippen LogP contribution < -0.4 is 16.6 Å². The van der Waals surface area contributed by atoms with Crippen LogP contribution in [-0.2, 0) is 9.47 Å². The third-order valence-electron chi connectivity index (χ3n) is 1.71. The number of ether oxygens (including phenoxy) is 2. The van der Waals surface area contributed by atoms with E-state index >= 15 is 0 Å². The molecule has 0 atom stereocenters. The van der Waals surface area contributed by atoms with Gasteiger partial charge in [0.1, 0.15) is 0 Å². The lowest BCUT2D eigenvalue weighted by atomic mass is 10.3. The molecule has 0 aromatic rings. The van der Waals surface area contributed by atoms with E-state index in [1.54, 1.807) is 7.05 Å². The summed E-state index contributed by atoms with van der Waals surface area (Å²) in [6.45, 7) is 2.51. The summed E-state index contributed by atoms with van der Waals surface area (Å²) in [7, 11) is 1.65. The highest BCUT2D eigenvalue weighted by Crippen LogP contribution is 1.94. The molecule has 0 aliphatic carbocycles. The summed E-state index contributed by atoms with van der Waals surface area (Å²) >= 11 is 0. The van der Waals surface area contributed by atoms with Gasteiger partial charge in [0.2, 0.25) is 5.96 Å². The van der Waals surface area contributed by atoms with E-state index in [1.807, 2.05) is 0 Å². The number of nitrogens with one attached hydrogen (secondary N) is 2. The van der Waals surface area contributed by atoms with Crippen LogP contribution in [-0.4, -0.2) is 45.5 Å². The Bertz CT molecular complexity index is 166. The maximum Gasteiger partial charge on any atom is 0.205 e. The molecule has 76 valence electrons. The van der Waals surface area contributed by atoms with Gasteiger partial charge in [-0.25, -0.2) is 5.84 Å². The van der Waals surface area contributed by atoms with Crippen molar-refractivity contribution in [2.75, 3.05) is 33.5 Å². The Hall–Kier alpha value is -0.850. The number of guanidine groups is 1. The molecule has 0 bridgehead atoms. The van der Waals surface area contributed by atoms with Crippen LogP contribution in [0.25, 0.3) is 0 Å². The van der Waals surface area contributed by atoms with Crippen molar-refractivity contribution < 1.29 is 9.47 Å². The minimum Gasteiger partial charge on any atom is -0.377 e. The van der Waals surface area contributed by atoms with E-state index in [9.17, 15) is 0 Å². The molecule has 6 nitrogen and oxygen atoms in total. The quantitative estimate of drug-likeness (QED) is 0.201. The first-order valence-electron chi connectivity index (χ1n) is 4.22. The van der Waals surface area contributed by atoms with Gasteiger partial charge in [0.25, 0.3) is 0 Å². The first-order chi connectivity index (χ1) is 6.36. The standard InChI is InChI=1S/C7H16N4O2/c1-9-7(11-8)10-6-4-12-2-3-13-5-6/h6H,2-5,8H2,1H3,(H2,9,10,11). The minimum atomic E-state index is 0.109. The van der Waals surface area contributed by atoms with Gasteiger partial charge in [-0.05, 0) is 0 Å². The third kappa shape index (κ3) is 3.58. The molecule has 1 heterocycles. The van der Waals surface area contributed by atoms with Crippen LogP contribution in [0.3, 0.4) is 0 Å². The van der Waals surface area contributed by atoms with E-state index in [0.29, 0.717) is 32.4 Å². The van der Waals surface area contributed by atoms with Gasteiger partial charge >= 0.3 is 0 Å². The zero-order chi connectivity index (χ0) is 9.52. The predicted octanol–water partition coefficient (Wildman–Crippen LogP) is -1.56. The predicted molar refractivity (Wildman–Crippen MR) is 49.2 cm³/mol. The number of nitrogens with two attached hydrogens (primary N) is 1. The topological polar surface area (TPSA) is 80.9 Å². The molecular weight excluding hydrogens is 172 g/mol. The fourth-order valence-electron chi connectivity index (χ4n) is 1.06. The second-order valence-corrected chi connectivity index (χ2v) is 2.71. The fourth-order valence-corrected chi connectivity index (χ4v) is 1.06. The van der Waals surface area contributed by atoms with E-state index in [4.69, 9.17) is 15.3 Å². The molecule has 1 aliphatic heterocycles. The molecule has 13 heavy (non-hydrogen) atoms. The first-order valence-corrected chi connectivity index (χ1v) is 4.22. The molecule has 0 aromatic carbocycles. The van der Waals surface area contributed by atoms with Gasteiger partial charge in [-0.3, -0.25) is 10.4 Å². The van der Waals surface area contributed by atoms with Gasteiger partial charge in [0.15, 0.2) is 0 Å². The lowest BCUT2D eigenvalue weighted by Crippen LogP contribution is -2.49. The van der Waals surface area contributed by atoms with Crippen LogP contribution >= 0.6 is 0 Å². The van der Waals surface area contributed by atoms with Gasteiger partial charge in [0, 0.05) is 7.05 Å². The van der Waals surface area contributed by atoms with Gasteiger partial charge in [-0.15, -0.1) is 0 Å². The van der Waals surface area contributed by atoms with E-state index in [0.717, 1.165) is 0 Å². The van der Waals surface area contributed by atoms with Crippen molar-refractivity contribution in [1.29, 1.82) is 0 Å². The van der Waals surface area contributed by atoms with Crippen LogP contribution in [0.15, 0.2) is 4.99 Å². The van der Waals surface area contributed by atoms with Crippen molar-refractivity contribution in [3.8, 4) is 0 Å². The first kappa shape index (κ1) is 10.2. The molecule has 0 radical (unpaired) electrons. The summed E-state index contributed by atoms with van der Waals surface area (Å²) in [5, 5.41) is 3.06. The Balaban J connectivity index is 2.33. The summed E-state index contributed by atoms with van der Waals surface area (Å²) in [6, 6.07) is 0.109. The molecule has 0 saturated carbocycles. The van der Waals surface area contributed by atoms with Crippen molar-refractivity contribution in [2.24, 2.45) is 10.8 Å². The number of hydrogen-bond acceptors (Lipinski definition) is 4. The SMILES string of the molecule is CN=C(NN)NC1COCCOC1. The highest BCUT2D eigenvalue weighted by molar-refractivity contribution is 5.79. The Morgan fingerprint density at radius 3 is 2.46 bits per heavy atom. The molecule has 0 amide bonds. The summed E-state index contributed by atoms with van der Waals surface area (Å²) < 4.78 is 10.6. The summed E-state index contributed by atoms with van der Waals surface area (Å²) in [4.78, 5) is 3.89. The van der Waals surface area contributed by atoms with Crippen molar-refractivity contribution in [3.63, 3.8) is 0 Å². The zero-order valence-corrected chi connectivity index (χ0v) is 7.75. The maximum absolute atomic E-state index is 5.29. The van der Waals surface area contributed by atoms with Gasteiger partial charge in [0.05, 0.1) is 32.5 Å². The molecule has 1 fully saturated rings. The number of hydrogen-bond donors (Lipinski definition) is 3. The zero-order valence-electron chi connectivity index (χ0n) is 7.75. The molecule has 0 spiro atoms. The van der Waals surface area contributed by atoms with Crippen molar-refractivity contribution in [3.05, 3.63) is 0 Å². The molecule has 1 aliphatic rings. The van der Waals surface area contributed by atoms with E-state index in [2.05, 4.69) is 15.7 Å². The monoisotopic (exact) mass is 188 g/mol. The van der Waals surface area contributed by atoms with Crippen LogP contribution in [0, 0.1) is 0 Å². The summed E-state index contributed by atoms with van der Waals surface area (Å²) in [5.41, 5.74) is 2.45. The Morgan fingerprint density at radius 2 is 2.00 bits per heavy atom. The fraction of sp³-hybridized carbons (Fsp3) is 0.857. The van der Waals surface area contributed by atoms with Crippen LogP contribution in [0.4, 0.5) is 0 Å². The summed E-state index contributed by atoms with van der Waals surface area (Å²) in [5.74, 6) is 5.76. The number of hydrazine groups is 1. The maximum atomic E-state index is 5.29. The van der Waals surface area contributed by atoms with Gasteiger partial charge in [-0.1, -0.05) is 0 Å². The van der Waals surface area contributed by atoms with Crippen LogP contribution in [0.2, 0.25) is 0 Å². The number of nitrogens with zero attached hydrogens (tertiary/aromatic N) is 1. The second-order valence-electron chi connectivity index (χ2n) is 2.71. The molecule has 6 heteroatoms. The van der Waals surface area contributed by atoms with E-state index < -0.39 is 0 Å². The van der Waals surface area contributed by atoms with Crippen LogP contribution in [0.1, 0.15) is 0 Å². The molecule has 0 unspecified atom stereocenters. The third-order valence-corrected chi connectivity index (χ3v) is 1.71. The second kappa shape index (κ2) is 5.74. The molecular formula is C7H16N4O2. The Morgan fingerprint density at radius 1 is 1.38 bits per heavy atom. The van der Waals surface area contributed by atoms with E-state index in [1.165, 1.54) is 0 Å². The molecule has 4 N–H and O–H groups in total. The normalized spacial score (nSPS) is 20.9. The van der Waals surface area contributed by atoms with Gasteiger partial charge in [-0.2, -0.15) is 0 Å². The Labute approximate surface area is 77.5 Å². The molecule has 1 saturated heterocycles. The summed E-state index contributed by atoms with van der Waals surface area (Å²) in [6.07, 6.45) is 0. The van der Waals surface area contributed by atoms with E-state index in [-0.39, 0.29) is 6.04 Å². The molecule has 0 aromatic heterocycles. The average molecular weight is 188 g/mol. The number of aliphatic imine (C=N–C) groups is 1. The highest BCUT2D eigenvalue weighted by Gasteiger charge is 2.13. The molecule has 1 rings (SSSR count). The van der Waals surface area contributed by atoms with Gasteiger partial charge < -0.3 is 14.8 Å². The number of rotatable bonds is 1. The largest absolute Gasteiger partial charge is 0.377 e. The Kier molecular flexibility index (Phi) is 4.52. The van der Waals surface area contributed by atoms with Crippen molar-refractivity contribution >= 4 is 5.96 Å². The van der Waals surface area contributed by atoms with Crippen LogP contribution in [0.5, 0.6) is 0 Å². The minimum absolute atomic E-state index is 0.109. The smallest absolute Gasteiger partial charge is 0.205 e. The highest BCUT2D eigenvalue weighted by atomic mass is 16.5. The van der Waals surface area contributed by atoms with Crippen molar-refractivity contribution in [1.82, 2.24) is 10.7 Å².